The second kappa shape index (κ2) is 7.82. The van der Waals surface area contributed by atoms with E-state index >= 15 is 0 Å². The quantitative estimate of drug-likeness (QED) is 0.676. The lowest BCUT2D eigenvalue weighted by Crippen LogP contribution is -2.41. The minimum absolute atomic E-state index is 0.0112. The molecule has 11 heteroatoms. The first kappa shape index (κ1) is 20.5. The van der Waals surface area contributed by atoms with Crippen LogP contribution in [-0.4, -0.2) is 54.2 Å². The molecular formula is C19H17F3N4O3S. The minimum atomic E-state index is -4.83. The zero-order valence-corrected chi connectivity index (χ0v) is 16.4. The van der Waals surface area contributed by atoms with Crippen molar-refractivity contribution in [2.75, 3.05) is 26.3 Å². The van der Waals surface area contributed by atoms with Crippen molar-refractivity contribution in [3.05, 3.63) is 54.1 Å². The number of ether oxygens (including phenoxy) is 1. The molecule has 0 atom stereocenters. The van der Waals surface area contributed by atoms with Crippen LogP contribution in [0.3, 0.4) is 0 Å². The van der Waals surface area contributed by atoms with Gasteiger partial charge in [0.05, 0.1) is 23.7 Å². The number of hydrogen-bond donors (Lipinski definition) is 1. The van der Waals surface area contributed by atoms with Gasteiger partial charge in [0.15, 0.2) is 11.6 Å². The standard InChI is InChI=1S/C19H17F3N4O3S/c20-19(21,22)15-7-6-14(12-16(15)30(27,28)26-8-10-29-11-9-26)18-23-17(24-25-18)13-4-2-1-3-5-13/h1-7,12H,8-11H2,(H,23,24,25). The summed E-state index contributed by atoms with van der Waals surface area (Å²) < 4.78 is 72.8. The predicted molar refractivity (Wildman–Crippen MR) is 102 cm³/mol. The smallest absolute Gasteiger partial charge is 0.379 e. The van der Waals surface area contributed by atoms with Gasteiger partial charge in [-0.15, -0.1) is 0 Å². The van der Waals surface area contributed by atoms with Gasteiger partial charge in [0, 0.05) is 24.2 Å². The number of H-pyrrole nitrogens is 1. The summed E-state index contributed by atoms with van der Waals surface area (Å²) in [5.74, 6) is 0.518. The van der Waals surface area contributed by atoms with Crippen LogP contribution in [0.2, 0.25) is 0 Å². The van der Waals surface area contributed by atoms with Crippen molar-refractivity contribution in [3.8, 4) is 22.8 Å². The highest BCUT2D eigenvalue weighted by molar-refractivity contribution is 7.89. The first-order valence-electron chi connectivity index (χ1n) is 9.04. The summed E-state index contributed by atoms with van der Waals surface area (Å²) in [5, 5.41) is 6.77. The fourth-order valence-electron chi connectivity index (χ4n) is 3.15. The molecule has 2 heterocycles. The zero-order chi connectivity index (χ0) is 21.4. The summed E-state index contributed by atoms with van der Waals surface area (Å²) in [4.78, 5) is 3.48. The van der Waals surface area contributed by atoms with Gasteiger partial charge in [-0.1, -0.05) is 36.4 Å². The Balaban J connectivity index is 1.78. The van der Waals surface area contributed by atoms with Crippen LogP contribution in [0.25, 0.3) is 22.8 Å². The number of rotatable bonds is 4. The molecule has 1 saturated heterocycles. The lowest BCUT2D eigenvalue weighted by Gasteiger charge is -2.27. The van der Waals surface area contributed by atoms with E-state index in [0.29, 0.717) is 5.82 Å². The average molecular weight is 438 g/mol. The van der Waals surface area contributed by atoms with E-state index < -0.39 is 26.7 Å². The van der Waals surface area contributed by atoms with Gasteiger partial charge in [0.2, 0.25) is 10.0 Å². The van der Waals surface area contributed by atoms with Gasteiger partial charge in [-0.3, -0.25) is 5.10 Å². The van der Waals surface area contributed by atoms with E-state index in [1.807, 2.05) is 18.2 Å². The molecule has 1 N–H and O–H groups in total. The second-order valence-corrected chi connectivity index (χ2v) is 8.51. The molecule has 0 bridgehead atoms. The Hall–Kier alpha value is -2.76. The van der Waals surface area contributed by atoms with E-state index in [1.54, 1.807) is 12.1 Å². The first-order chi connectivity index (χ1) is 14.3. The highest BCUT2D eigenvalue weighted by Crippen LogP contribution is 2.37. The van der Waals surface area contributed by atoms with Crippen LogP contribution in [0.5, 0.6) is 0 Å². The fraction of sp³-hybridized carbons (Fsp3) is 0.263. The summed E-state index contributed by atoms with van der Waals surface area (Å²) in [7, 11) is -4.38. The maximum Gasteiger partial charge on any atom is 0.417 e. The number of aromatic nitrogens is 3. The van der Waals surface area contributed by atoms with Crippen molar-refractivity contribution in [2.24, 2.45) is 0 Å². The molecule has 158 valence electrons. The van der Waals surface area contributed by atoms with E-state index in [4.69, 9.17) is 4.74 Å². The normalized spacial score (nSPS) is 16.0. The van der Waals surface area contributed by atoms with E-state index in [9.17, 15) is 21.6 Å². The molecule has 0 aliphatic carbocycles. The molecule has 0 unspecified atom stereocenters. The number of nitrogens with zero attached hydrogens (tertiary/aromatic N) is 3. The Morgan fingerprint density at radius 2 is 1.70 bits per heavy atom. The number of sulfonamides is 1. The van der Waals surface area contributed by atoms with Gasteiger partial charge < -0.3 is 4.74 Å². The van der Waals surface area contributed by atoms with E-state index in [-0.39, 0.29) is 37.7 Å². The summed E-state index contributed by atoms with van der Waals surface area (Å²) >= 11 is 0. The molecule has 0 radical (unpaired) electrons. The summed E-state index contributed by atoms with van der Waals surface area (Å²) in [6.45, 7) is 0.231. The monoisotopic (exact) mass is 438 g/mol. The van der Waals surface area contributed by atoms with Crippen molar-refractivity contribution in [1.82, 2.24) is 19.5 Å². The highest BCUT2D eigenvalue weighted by atomic mass is 32.2. The van der Waals surface area contributed by atoms with Crippen molar-refractivity contribution in [1.29, 1.82) is 0 Å². The number of aromatic amines is 1. The van der Waals surface area contributed by atoms with Gasteiger partial charge in [-0.2, -0.15) is 22.6 Å². The first-order valence-corrected chi connectivity index (χ1v) is 10.5. The molecule has 0 amide bonds. The molecule has 0 spiro atoms. The minimum Gasteiger partial charge on any atom is -0.379 e. The van der Waals surface area contributed by atoms with Gasteiger partial charge >= 0.3 is 6.18 Å². The van der Waals surface area contributed by atoms with Crippen LogP contribution in [0.1, 0.15) is 5.56 Å². The van der Waals surface area contributed by atoms with Gasteiger partial charge in [-0.05, 0) is 12.1 Å². The molecule has 2 aromatic carbocycles. The van der Waals surface area contributed by atoms with Crippen LogP contribution in [-0.2, 0) is 20.9 Å². The van der Waals surface area contributed by atoms with Crippen LogP contribution < -0.4 is 0 Å². The topological polar surface area (TPSA) is 88.2 Å². The number of halogens is 3. The molecule has 7 nitrogen and oxygen atoms in total. The molecule has 4 rings (SSSR count). The third-order valence-corrected chi connectivity index (χ3v) is 6.60. The Kier molecular flexibility index (Phi) is 5.35. The van der Waals surface area contributed by atoms with E-state index in [2.05, 4.69) is 15.2 Å². The maximum atomic E-state index is 13.6. The molecule has 1 fully saturated rings. The van der Waals surface area contributed by atoms with Gasteiger partial charge in [0.25, 0.3) is 0 Å². The highest BCUT2D eigenvalue weighted by Gasteiger charge is 2.39. The van der Waals surface area contributed by atoms with Crippen LogP contribution in [0.4, 0.5) is 13.2 Å². The Morgan fingerprint density at radius 1 is 1.00 bits per heavy atom. The predicted octanol–water partition coefficient (Wildman–Crippen LogP) is 3.18. The van der Waals surface area contributed by atoms with Crippen LogP contribution in [0.15, 0.2) is 53.4 Å². The fourth-order valence-corrected chi connectivity index (χ4v) is 4.80. The summed E-state index contributed by atoms with van der Waals surface area (Å²) in [5.41, 5.74) is -0.325. The molecule has 1 aliphatic rings. The molecular weight excluding hydrogens is 421 g/mol. The average Bonchev–Trinajstić information content (AvgIpc) is 3.24. The lowest BCUT2D eigenvalue weighted by atomic mass is 10.1. The summed E-state index contributed by atoms with van der Waals surface area (Å²) in [6.07, 6.45) is -4.83. The number of morpholine rings is 1. The maximum absolute atomic E-state index is 13.6. The van der Waals surface area contributed by atoms with E-state index in [1.165, 1.54) is 6.07 Å². The number of hydrogen-bond acceptors (Lipinski definition) is 5. The zero-order valence-electron chi connectivity index (χ0n) is 15.6. The van der Waals surface area contributed by atoms with Crippen molar-refractivity contribution in [3.63, 3.8) is 0 Å². The second-order valence-electron chi connectivity index (χ2n) is 6.60. The van der Waals surface area contributed by atoms with Gasteiger partial charge in [0.1, 0.15) is 0 Å². The number of benzene rings is 2. The Bertz CT molecular complexity index is 1140. The Morgan fingerprint density at radius 3 is 2.37 bits per heavy atom. The van der Waals surface area contributed by atoms with Crippen molar-refractivity contribution >= 4 is 10.0 Å². The van der Waals surface area contributed by atoms with Gasteiger partial charge in [-0.25, -0.2) is 13.4 Å². The van der Waals surface area contributed by atoms with Crippen LogP contribution in [0, 0.1) is 0 Å². The third kappa shape index (κ3) is 3.95. The summed E-state index contributed by atoms with van der Waals surface area (Å²) in [6, 6.07) is 11.9. The van der Waals surface area contributed by atoms with Crippen molar-refractivity contribution in [2.45, 2.75) is 11.1 Å². The van der Waals surface area contributed by atoms with Crippen LogP contribution >= 0.6 is 0 Å². The molecule has 3 aromatic rings. The molecule has 1 aromatic heterocycles. The SMILES string of the molecule is O=S(=O)(c1cc(-c2n[nH]c(-c3ccccc3)n2)ccc1C(F)(F)F)N1CCOCC1. The third-order valence-electron chi connectivity index (χ3n) is 4.67. The molecule has 0 saturated carbocycles. The van der Waals surface area contributed by atoms with Crippen molar-refractivity contribution < 1.29 is 26.3 Å². The number of nitrogens with one attached hydrogen (secondary N) is 1. The largest absolute Gasteiger partial charge is 0.417 e. The van der Waals surface area contributed by atoms with E-state index in [0.717, 1.165) is 22.0 Å². The lowest BCUT2D eigenvalue weighted by molar-refractivity contribution is -0.139. The number of alkyl halides is 3. The molecule has 30 heavy (non-hydrogen) atoms. The molecule has 1 aliphatic heterocycles. The Labute approximate surface area is 170 Å².